The van der Waals surface area contributed by atoms with E-state index in [2.05, 4.69) is 32.2 Å². The fourth-order valence-electron chi connectivity index (χ4n) is 2.50. The van der Waals surface area contributed by atoms with Crippen molar-refractivity contribution in [3.8, 4) is 6.07 Å². The van der Waals surface area contributed by atoms with Gasteiger partial charge in [0.25, 0.3) is 0 Å². The summed E-state index contributed by atoms with van der Waals surface area (Å²) in [6.45, 7) is 7.91. The Bertz CT molecular complexity index is 214. The first-order valence-electron chi connectivity index (χ1n) is 6.14. The summed E-state index contributed by atoms with van der Waals surface area (Å²) in [5.74, 6) is 0.881. The molecule has 1 fully saturated rings. The van der Waals surface area contributed by atoms with E-state index in [0.717, 1.165) is 12.5 Å². The van der Waals surface area contributed by atoms with Gasteiger partial charge in [0.2, 0.25) is 0 Å². The molecule has 2 heteroatoms. The number of rotatable bonds is 3. The number of nitriles is 1. The van der Waals surface area contributed by atoms with Crippen LogP contribution >= 0.6 is 0 Å². The summed E-state index contributed by atoms with van der Waals surface area (Å²) in [5.41, 5.74) is 0.470. The first-order chi connectivity index (χ1) is 7.04. The van der Waals surface area contributed by atoms with E-state index in [1.807, 2.05) is 0 Å². The summed E-state index contributed by atoms with van der Waals surface area (Å²) in [6.07, 6.45) is 5.89. The highest BCUT2D eigenvalue weighted by molar-refractivity contribution is 4.84. The Kier molecular flexibility index (Phi) is 4.60. The van der Waals surface area contributed by atoms with Gasteiger partial charge < -0.3 is 5.32 Å². The minimum Gasteiger partial charge on any atom is -0.313 e. The van der Waals surface area contributed by atoms with E-state index in [4.69, 9.17) is 5.26 Å². The molecule has 0 aromatic heterocycles. The molecule has 0 aromatic rings. The average molecular weight is 208 g/mol. The summed E-state index contributed by atoms with van der Waals surface area (Å²) < 4.78 is 0. The van der Waals surface area contributed by atoms with E-state index in [1.165, 1.54) is 25.7 Å². The Morgan fingerprint density at radius 1 is 1.20 bits per heavy atom. The molecular formula is C13H24N2. The van der Waals surface area contributed by atoms with Crippen molar-refractivity contribution in [1.29, 1.82) is 5.26 Å². The number of hydrogen-bond acceptors (Lipinski definition) is 2. The van der Waals surface area contributed by atoms with Crippen molar-refractivity contribution in [3.05, 3.63) is 0 Å². The maximum absolute atomic E-state index is 8.45. The first kappa shape index (κ1) is 12.5. The summed E-state index contributed by atoms with van der Waals surface area (Å²) in [7, 11) is 0. The standard InChI is InChI=1S/C13H24N2/c1-13(2,3)11-5-7-12(8-6-11)15-10-4-9-14/h11-12,15H,4-8,10H2,1-3H3. The molecule has 2 nitrogen and oxygen atoms in total. The lowest BCUT2D eigenvalue weighted by atomic mass is 9.71. The number of nitrogens with one attached hydrogen (secondary N) is 1. The van der Waals surface area contributed by atoms with Gasteiger partial charge in [0.15, 0.2) is 0 Å². The molecule has 1 saturated carbocycles. The second kappa shape index (κ2) is 5.51. The quantitative estimate of drug-likeness (QED) is 0.723. The smallest absolute Gasteiger partial charge is 0.0635 e. The topological polar surface area (TPSA) is 35.8 Å². The van der Waals surface area contributed by atoms with Crippen molar-refractivity contribution >= 4 is 0 Å². The Labute approximate surface area is 94.1 Å². The van der Waals surface area contributed by atoms with Crippen LogP contribution in [0.3, 0.4) is 0 Å². The molecule has 0 spiro atoms. The molecule has 86 valence electrons. The molecular weight excluding hydrogens is 184 g/mol. The van der Waals surface area contributed by atoms with Gasteiger partial charge in [-0.2, -0.15) is 5.26 Å². The predicted molar refractivity (Wildman–Crippen MR) is 63.4 cm³/mol. The highest BCUT2D eigenvalue weighted by Gasteiger charge is 2.29. The Balaban J connectivity index is 2.22. The lowest BCUT2D eigenvalue weighted by Crippen LogP contribution is -2.36. The molecule has 1 rings (SSSR count). The van der Waals surface area contributed by atoms with Crippen LogP contribution in [0.4, 0.5) is 0 Å². The number of nitrogens with zero attached hydrogens (tertiary/aromatic N) is 1. The highest BCUT2D eigenvalue weighted by Crippen LogP contribution is 2.37. The van der Waals surface area contributed by atoms with E-state index in [0.29, 0.717) is 17.9 Å². The van der Waals surface area contributed by atoms with Crippen LogP contribution in [0.5, 0.6) is 0 Å². The van der Waals surface area contributed by atoms with Crippen LogP contribution in [0.1, 0.15) is 52.9 Å². The van der Waals surface area contributed by atoms with Crippen molar-refractivity contribution in [2.45, 2.75) is 58.9 Å². The van der Waals surface area contributed by atoms with Crippen LogP contribution in [-0.2, 0) is 0 Å². The first-order valence-corrected chi connectivity index (χ1v) is 6.14. The Morgan fingerprint density at radius 3 is 2.27 bits per heavy atom. The van der Waals surface area contributed by atoms with Crippen LogP contribution in [0.15, 0.2) is 0 Å². The normalized spacial score (nSPS) is 27.3. The molecule has 1 N–H and O–H groups in total. The summed E-state index contributed by atoms with van der Waals surface area (Å²) in [6, 6.07) is 2.84. The van der Waals surface area contributed by atoms with Gasteiger partial charge in [-0.1, -0.05) is 20.8 Å². The van der Waals surface area contributed by atoms with E-state index in [-0.39, 0.29) is 0 Å². The molecule has 0 aliphatic heterocycles. The van der Waals surface area contributed by atoms with Gasteiger partial charge >= 0.3 is 0 Å². The largest absolute Gasteiger partial charge is 0.313 e. The fourth-order valence-corrected chi connectivity index (χ4v) is 2.50. The summed E-state index contributed by atoms with van der Waals surface area (Å²) in [4.78, 5) is 0. The third-order valence-electron chi connectivity index (χ3n) is 3.62. The zero-order chi connectivity index (χ0) is 11.3. The zero-order valence-electron chi connectivity index (χ0n) is 10.3. The molecule has 1 aliphatic rings. The fraction of sp³-hybridized carbons (Fsp3) is 0.923. The van der Waals surface area contributed by atoms with E-state index >= 15 is 0 Å². The molecule has 0 heterocycles. The van der Waals surface area contributed by atoms with Gasteiger partial charge in [0.1, 0.15) is 0 Å². The maximum atomic E-state index is 8.45. The minimum atomic E-state index is 0.470. The third kappa shape index (κ3) is 4.22. The van der Waals surface area contributed by atoms with Crippen molar-refractivity contribution in [3.63, 3.8) is 0 Å². The third-order valence-corrected chi connectivity index (χ3v) is 3.62. The lowest BCUT2D eigenvalue weighted by Gasteiger charge is -2.37. The SMILES string of the molecule is CC(C)(C)C1CCC(NCCC#N)CC1. The van der Waals surface area contributed by atoms with Gasteiger partial charge in [-0.05, 0) is 37.0 Å². The van der Waals surface area contributed by atoms with Crippen LogP contribution in [0.25, 0.3) is 0 Å². The van der Waals surface area contributed by atoms with Gasteiger partial charge in [0.05, 0.1) is 6.07 Å². The molecule has 0 unspecified atom stereocenters. The Hall–Kier alpha value is -0.550. The second-order valence-corrected chi connectivity index (χ2v) is 5.78. The van der Waals surface area contributed by atoms with Gasteiger partial charge in [-0.15, -0.1) is 0 Å². The van der Waals surface area contributed by atoms with Crippen molar-refractivity contribution < 1.29 is 0 Å². The number of hydrogen-bond donors (Lipinski definition) is 1. The monoisotopic (exact) mass is 208 g/mol. The molecule has 1 aliphatic carbocycles. The van der Waals surface area contributed by atoms with Gasteiger partial charge in [-0.3, -0.25) is 0 Å². The van der Waals surface area contributed by atoms with Gasteiger partial charge in [-0.25, -0.2) is 0 Å². The van der Waals surface area contributed by atoms with Crippen molar-refractivity contribution in [2.24, 2.45) is 11.3 Å². The molecule has 0 aromatic carbocycles. The molecule has 0 bridgehead atoms. The molecule has 15 heavy (non-hydrogen) atoms. The predicted octanol–water partition coefficient (Wildman–Crippen LogP) is 3.09. The van der Waals surface area contributed by atoms with E-state index in [9.17, 15) is 0 Å². The Morgan fingerprint density at radius 2 is 1.80 bits per heavy atom. The second-order valence-electron chi connectivity index (χ2n) is 5.78. The maximum Gasteiger partial charge on any atom is 0.0635 e. The van der Waals surface area contributed by atoms with Crippen molar-refractivity contribution in [2.75, 3.05) is 6.54 Å². The minimum absolute atomic E-state index is 0.470. The molecule has 0 amide bonds. The zero-order valence-corrected chi connectivity index (χ0v) is 10.3. The lowest BCUT2D eigenvalue weighted by molar-refractivity contribution is 0.160. The van der Waals surface area contributed by atoms with Crippen LogP contribution in [0.2, 0.25) is 0 Å². The highest BCUT2D eigenvalue weighted by atomic mass is 14.9. The average Bonchev–Trinajstić information content (AvgIpc) is 2.18. The molecule has 0 radical (unpaired) electrons. The molecule has 0 atom stereocenters. The van der Waals surface area contributed by atoms with Crippen molar-refractivity contribution in [1.82, 2.24) is 5.32 Å². The molecule has 0 saturated heterocycles. The van der Waals surface area contributed by atoms with Crippen LogP contribution in [0, 0.1) is 22.7 Å². The van der Waals surface area contributed by atoms with Crippen LogP contribution in [-0.4, -0.2) is 12.6 Å². The van der Waals surface area contributed by atoms with E-state index in [1.54, 1.807) is 0 Å². The summed E-state index contributed by atoms with van der Waals surface area (Å²) >= 11 is 0. The van der Waals surface area contributed by atoms with Crippen LogP contribution < -0.4 is 5.32 Å². The van der Waals surface area contributed by atoms with Gasteiger partial charge in [0, 0.05) is 19.0 Å². The van der Waals surface area contributed by atoms with E-state index < -0.39 is 0 Å². The summed E-state index contributed by atoms with van der Waals surface area (Å²) in [5, 5.41) is 11.9.